The van der Waals surface area contributed by atoms with Crippen molar-refractivity contribution in [2.75, 3.05) is 41.0 Å². The van der Waals surface area contributed by atoms with E-state index in [9.17, 15) is 19.5 Å². The summed E-state index contributed by atoms with van der Waals surface area (Å²) < 4.78 is 17.3. The molecule has 2 unspecified atom stereocenters. The van der Waals surface area contributed by atoms with Crippen LogP contribution < -0.4 is 5.11 Å². The highest BCUT2D eigenvalue weighted by molar-refractivity contribution is 5.70. The Balaban J connectivity index is 4.18. The van der Waals surface area contributed by atoms with E-state index in [2.05, 4.69) is 62.5 Å². The lowest BCUT2D eigenvalue weighted by atomic mass is 10.0. The molecule has 390 valence electrons. The van der Waals surface area contributed by atoms with Crippen molar-refractivity contribution in [2.45, 2.75) is 270 Å². The number of esters is 2. The van der Waals surface area contributed by atoms with Gasteiger partial charge in [-0.3, -0.25) is 9.59 Å². The molecule has 0 saturated heterocycles. The molecular formula is C59H107NO7. The van der Waals surface area contributed by atoms with E-state index in [4.69, 9.17) is 14.2 Å². The number of allylic oxidation sites excluding steroid dienone is 8. The summed E-state index contributed by atoms with van der Waals surface area (Å²) in [7, 11) is 5.42. The van der Waals surface area contributed by atoms with Crippen LogP contribution in [0.3, 0.4) is 0 Å². The maximum Gasteiger partial charge on any atom is 0.306 e. The van der Waals surface area contributed by atoms with Gasteiger partial charge in [0.15, 0.2) is 6.10 Å². The second kappa shape index (κ2) is 49.7. The van der Waals surface area contributed by atoms with Crippen molar-refractivity contribution >= 4 is 17.9 Å². The summed E-state index contributed by atoms with van der Waals surface area (Å²) in [6.07, 6.45) is 61.5. The van der Waals surface area contributed by atoms with Crippen LogP contribution in [-0.2, 0) is 28.6 Å². The van der Waals surface area contributed by atoms with Crippen molar-refractivity contribution in [2.24, 2.45) is 0 Å². The molecule has 0 amide bonds. The van der Waals surface area contributed by atoms with Crippen LogP contribution in [0.15, 0.2) is 48.6 Å². The largest absolute Gasteiger partial charge is 0.544 e. The molecule has 0 aromatic carbocycles. The minimum Gasteiger partial charge on any atom is -0.544 e. The number of carbonyl (C=O) groups excluding carboxylic acids is 3. The molecule has 0 saturated carbocycles. The second-order valence-corrected chi connectivity index (χ2v) is 20.1. The Morgan fingerprint density at radius 1 is 0.463 bits per heavy atom. The standard InChI is InChI=1S/C59H107NO7/c1-6-8-10-12-14-16-18-20-22-24-26-28-30-32-34-36-38-40-42-44-46-48-50-58(62)67-55(53-65-52-51-56(59(63)64)60(3,4)5)54-66-57(61)49-47-45-43-41-39-37-35-33-31-29-27-25-23-21-19-17-15-13-11-9-7-2/h9,11,15,17,21,23,30,32,55-56H,6-8,10,12-14,16,18-20,22,24-29,31,33-54H2,1-5H3/b11-9+,17-15+,23-21+,32-30+. The Morgan fingerprint density at radius 2 is 0.836 bits per heavy atom. The molecule has 8 heteroatoms. The molecule has 0 spiro atoms. The highest BCUT2D eigenvalue weighted by Crippen LogP contribution is 2.16. The number of ether oxygens (including phenoxy) is 3. The third-order valence-electron chi connectivity index (χ3n) is 12.7. The van der Waals surface area contributed by atoms with Crippen LogP contribution in [0.25, 0.3) is 0 Å². The number of unbranched alkanes of at least 4 members (excludes halogenated alkanes) is 29. The highest BCUT2D eigenvalue weighted by Gasteiger charge is 2.25. The molecule has 0 aromatic heterocycles. The van der Waals surface area contributed by atoms with E-state index in [1.165, 1.54) is 167 Å². The van der Waals surface area contributed by atoms with E-state index in [0.29, 0.717) is 12.8 Å². The van der Waals surface area contributed by atoms with Gasteiger partial charge in [-0.2, -0.15) is 0 Å². The van der Waals surface area contributed by atoms with Gasteiger partial charge in [-0.15, -0.1) is 0 Å². The van der Waals surface area contributed by atoms with Crippen molar-refractivity contribution in [1.29, 1.82) is 0 Å². The van der Waals surface area contributed by atoms with Gasteiger partial charge in [0.05, 0.1) is 40.3 Å². The Bertz CT molecular complexity index is 1230. The normalized spacial score (nSPS) is 13.1. The van der Waals surface area contributed by atoms with Crippen LogP contribution in [0.4, 0.5) is 0 Å². The van der Waals surface area contributed by atoms with Crippen molar-refractivity contribution in [3.8, 4) is 0 Å². The van der Waals surface area contributed by atoms with E-state index < -0.39 is 18.1 Å². The Morgan fingerprint density at radius 3 is 1.25 bits per heavy atom. The molecule has 0 aliphatic heterocycles. The van der Waals surface area contributed by atoms with Gasteiger partial charge in [-0.25, -0.2) is 0 Å². The second-order valence-electron chi connectivity index (χ2n) is 20.1. The van der Waals surface area contributed by atoms with Gasteiger partial charge in [-0.1, -0.05) is 217 Å². The molecule has 0 N–H and O–H groups in total. The number of aliphatic carboxylic acids is 1. The number of likely N-dealkylation sites (N-methyl/N-ethyl adjacent to an activating group) is 1. The predicted octanol–water partition coefficient (Wildman–Crippen LogP) is 15.4. The first kappa shape index (κ1) is 64.3. The zero-order chi connectivity index (χ0) is 49.2. The third kappa shape index (κ3) is 48.1. The van der Waals surface area contributed by atoms with Crippen LogP contribution >= 0.6 is 0 Å². The van der Waals surface area contributed by atoms with Crippen LogP contribution in [0.5, 0.6) is 0 Å². The van der Waals surface area contributed by atoms with Gasteiger partial charge >= 0.3 is 11.9 Å². The summed E-state index contributed by atoms with van der Waals surface area (Å²) in [6.45, 7) is 4.59. The summed E-state index contributed by atoms with van der Waals surface area (Å²) in [4.78, 5) is 37.1. The number of hydrogen-bond donors (Lipinski definition) is 0. The molecule has 0 fully saturated rings. The first-order valence-corrected chi connectivity index (χ1v) is 28.2. The fourth-order valence-electron chi connectivity index (χ4n) is 8.38. The minimum atomic E-state index is -1.12. The fourth-order valence-corrected chi connectivity index (χ4v) is 8.38. The Labute approximate surface area is 414 Å². The van der Waals surface area contributed by atoms with Crippen molar-refractivity contribution in [3.05, 3.63) is 48.6 Å². The van der Waals surface area contributed by atoms with E-state index in [1.54, 1.807) is 0 Å². The molecular weight excluding hydrogens is 835 g/mol. The fraction of sp³-hybridized carbons (Fsp3) is 0.814. The van der Waals surface area contributed by atoms with Crippen LogP contribution in [0, 0.1) is 0 Å². The van der Waals surface area contributed by atoms with Crippen molar-refractivity contribution < 1.29 is 38.2 Å². The number of rotatable bonds is 51. The van der Waals surface area contributed by atoms with Gasteiger partial charge in [0, 0.05) is 19.3 Å². The summed E-state index contributed by atoms with van der Waals surface area (Å²) in [6, 6.07) is -0.728. The smallest absolute Gasteiger partial charge is 0.306 e. The number of nitrogens with zero attached hydrogens (tertiary/aromatic N) is 1. The quantitative estimate of drug-likeness (QED) is 0.0259. The van der Waals surface area contributed by atoms with Crippen molar-refractivity contribution in [3.63, 3.8) is 0 Å². The SMILES string of the molecule is CC/C=C/C/C=C/C/C=C/CCCCCCCCCCCCCC(=O)OCC(COCCC(C(=O)[O-])[N+](C)(C)C)OC(=O)CCCCCCCCC/C=C/CCCCCCCCCCCCC. The average molecular weight is 943 g/mol. The molecule has 67 heavy (non-hydrogen) atoms. The lowest BCUT2D eigenvalue weighted by molar-refractivity contribution is -0.889. The number of hydrogen-bond acceptors (Lipinski definition) is 7. The molecule has 0 bridgehead atoms. The van der Waals surface area contributed by atoms with Crippen molar-refractivity contribution in [1.82, 2.24) is 0 Å². The average Bonchev–Trinajstić information content (AvgIpc) is 3.29. The van der Waals surface area contributed by atoms with Crippen LogP contribution in [0.2, 0.25) is 0 Å². The topological polar surface area (TPSA) is 102 Å². The van der Waals surface area contributed by atoms with Gasteiger partial charge in [0.2, 0.25) is 0 Å². The number of quaternary nitrogens is 1. The number of carboxylic acids is 1. The molecule has 0 heterocycles. The summed E-state index contributed by atoms with van der Waals surface area (Å²) >= 11 is 0. The zero-order valence-electron chi connectivity index (χ0n) is 44.6. The first-order valence-electron chi connectivity index (χ1n) is 28.2. The highest BCUT2D eigenvalue weighted by atomic mass is 16.6. The molecule has 0 aromatic rings. The summed E-state index contributed by atoms with van der Waals surface area (Å²) in [5, 5.41) is 11.7. The lowest BCUT2D eigenvalue weighted by Crippen LogP contribution is -2.55. The van der Waals surface area contributed by atoms with Gasteiger partial charge in [0.1, 0.15) is 12.6 Å². The third-order valence-corrected chi connectivity index (χ3v) is 12.7. The molecule has 0 radical (unpaired) electrons. The van der Waals surface area contributed by atoms with E-state index >= 15 is 0 Å². The molecule has 0 rings (SSSR count). The molecule has 2 atom stereocenters. The Hall–Kier alpha value is -2.71. The zero-order valence-corrected chi connectivity index (χ0v) is 44.6. The maximum atomic E-state index is 12.8. The Kier molecular flexibility index (Phi) is 47.7. The monoisotopic (exact) mass is 942 g/mol. The lowest BCUT2D eigenvalue weighted by Gasteiger charge is -2.34. The van der Waals surface area contributed by atoms with Crippen LogP contribution in [0.1, 0.15) is 258 Å². The van der Waals surface area contributed by atoms with E-state index in [1.807, 2.05) is 21.1 Å². The molecule has 8 nitrogen and oxygen atoms in total. The summed E-state index contributed by atoms with van der Waals surface area (Å²) in [5.74, 6) is -1.73. The number of carbonyl (C=O) groups is 3. The van der Waals surface area contributed by atoms with Gasteiger partial charge < -0.3 is 28.6 Å². The van der Waals surface area contributed by atoms with Gasteiger partial charge in [0.25, 0.3) is 0 Å². The van der Waals surface area contributed by atoms with E-state index in [-0.39, 0.29) is 42.7 Å². The molecule has 0 aliphatic rings. The van der Waals surface area contributed by atoms with Crippen LogP contribution in [-0.4, -0.2) is 75.5 Å². The summed E-state index contributed by atoms with van der Waals surface area (Å²) in [5.41, 5.74) is 0. The maximum absolute atomic E-state index is 12.8. The predicted molar refractivity (Wildman–Crippen MR) is 282 cm³/mol. The first-order chi connectivity index (χ1) is 32.6. The van der Waals surface area contributed by atoms with Gasteiger partial charge in [-0.05, 0) is 70.6 Å². The van der Waals surface area contributed by atoms with E-state index in [0.717, 1.165) is 57.8 Å². The minimum absolute atomic E-state index is 0.0393. The number of carboxylic acid groups (broad SMARTS) is 1. The molecule has 0 aliphatic carbocycles.